The van der Waals surface area contributed by atoms with E-state index in [2.05, 4.69) is 9.99 Å². The maximum absolute atomic E-state index is 4.59. The standard InChI is InChI=1S/C4H6NO/c1-4-2-3-6-5-4/h2H,3H2,1H3. The lowest BCUT2D eigenvalue weighted by molar-refractivity contribution is 0.186. The van der Waals surface area contributed by atoms with E-state index in [1.54, 1.807) is 0 Å². The van der Waals surface area contributed by atoms with E-state index in [9.17, 15) is 0 Å². The molecule has 0 saturated heterocycles. The van der Waals surface area contributed by atoms with E-state index in [-0.39, 0.29) is 0 Å². The van der Waals surface area contributed by atoms with Crippen molar-refractivity contribution in [2.45, 2.75) is 6.92 Å². The van der Waals surface area contributed by atoms with E-state index < -0.39 is 0 Å². The molecule has 1 radical (unpaired) electrons. The lowest BCUT2D eigenvalue weighted by Gasteiger charge is -1.75. The molecule has 0 aromatic heterocycles. The molecule has 0 atom stereocenters. The third-order valence-corrected chi connectivity index (χ3v) is 0.662. The number of hydrogen-bond acceptors (Lipinski definition) is 2. The van der Waals surface area contributed by atoms with Crippen molar-refractivity contribution in [1.82, 2.24) is 0 Å². The van der Waals surface area contributed by atoms with Crippen LogP contribution in [0, 0.1) is 6.42 Å². The zero-order valence-corrected chi connectivity index (χ0v) is 3.64. The van der Waals surface area contributed by atoms with Gasteiger partial charge in [0.25, 0.3) is 0 Å². The zero-order chi connectivity index (χ0) is 4.41. The smallest absolute Gasteiger partial charge is 0.126 e. The normalized spacial score (nSPS) is 19.8. The Bertz CT molecular complexity index is 77.6. The zero-order valence-electron chi connectivity index (χ0n) is 3.64. The number of nitrogens with zero attached hydrogens (tertiary/aromatic N) is 1. The maximum Gasteiger partial charge on any atom is 0.126 e. The van der Waals surface area contributed by atoms with Gasteiger partial charge < -0.3 is 4.84 Å². The van der Waals surface area contributed by atoms with Gasteiger partial charge in [-0.15, -0.1) is 0 Å². The molecule has 2 nitrogen and oxygen atoms in total. The van der Waals surface area contributed by atoms with Gasteiger partial charge in [-0.3, -0.25) is 0 Å². The molecule has 0 aromatic rings. The maximum atomic E-state index is 4.59. The summed E-state index contributed by atoms with van der Waals surface area (Å²) >= 11 is 0. The van der Waals surface area contributed by atoms with E-state index in [4.69, 9.17) is 0 Å². The Morgan fingerprint density at radius 3 is 3.00 bits per heavy atom. The number of hydrogen-bond donors (Lipinski definition) is 0. The quantitative estimate of drug-likeness (QED) is 0.421. The van der Waals surface area contributed by atoms with E-state index in [1.165, 1.54) is 0 Å². The van der Waals surface area contributed by atoms with Crippen LogP contribution in [-0.4, -0.2) is 12.3 Å². The molecule has 6 heavy (non-hydrogen) atoms. The average Bonchev–Trinajstić information content (AvgIpc) is 1.86. The van der Waals surface area contributed by atoms with Gasteiger partial charge in [-0.2, -0.15) is 0 Å². The van der Waals surface area contributed by atoms with Gasteiger partial charge in [0, 0.05) is 6.42 Å². The Balaban J connectivity index is 2.45. The first-order chi connectivity index (χ1) is 2.89. The lowest BCUT2D eigenvalue weighted by Crippen LogP contribution is -1.84. The molecule has 0 aliphatic carbocycles. The summed E-state index contributed by atoms with van der Waals surface area (Å²) in [5, 5.41) is 3.60. The molecule has 0 fully saturated rings. The van der Waals surface area contributed by atoms with Crippen molar-refractivity contribution < 1.29 is 4.84 Å². The van der Waals surface area contributed by atoms with Crippen molar-refractivity contribution in [2.24, 2.45) is 5.16 Å². The lowest BCUT2D eigenvalue weighted by atomic mass is 10.3. The Morgan fingerprint density at radius 1 is 2.00 bits per heavy atom. The van der Waals surface area contributed by atoms with Crippen molar-refractivity contribution in [2.75, 3.05) is 6.61 Å². The number of rotatable bonds is 0. The van der Waals surface area contributed by atoms with Crippen LogP contribution in [0.2, 0.25) is 0 Å². The molecule has 1 aliphatic rings. The fourth-order valence-electron chi connectivity index (χ4n) is 0.334. The highest BCUT2D eigenvalue weighted by Crippen LogP contribution is 1.94. The van der Waals surface area contributed by atoms with Crippen LogP contribution in [0.4, 0.5) is 0 Å². The fourth-order valence-corrected chi connectivity index (χ4v) is 0.334. The Kier molecular flexibility index (Phi) is 0.783. The van der Waals surface area contributed by atoms with E-state index >= 15 is 0 Å². The highest BCUT2D eigenvalue weighted by Gasteiger charge is 1.98. The van der Waals surface area contributed by atoms with Gasteiger partial charge in [0.2, 0.25) is 0 Å². The largest absolute Gasteiger partial charge is 0.395 e. The summed E-state index contributed by atoms with van der Waals surface area (Å²) in [5.74, 6) is 0. The molecule has 0 aromatic carbocycles. The second kappa shape index (κ2) is 1.29. The van der Waals surface area contributed by atoms with Crippen molar-refractivity contribution in [3.05, 3.63) is 6.42 Å². The van der Waals surface area contributed by atoms with Crippen molar-refractivity contribution in [3.8, 4) is 0 Å². The van der Waals surface area contributed by atoms with Crippen LogP contribution in [0.1, 0.15) is 6.92 Å². The van der Waals surface area contributed by atoms with Gasteiger partial charge in [0.1, 0.15) is 6.61 Å². The minimum Gasteiger partial charge on any atom is -0.395 e. The Labute approximate surface area is 36.8 Å². The van der Waals surface area contributed by atoms with E-state index in [0.29, 0.717) is 6.61 Å². The molecule has 0 unspecified atom stereocenters. The fraction of sp³-hybridized carbons (Fsp3) is 0.500. The minimum atomic E-state index is 0.659. The van der Waals surface area contributed by atoms with E-state index in [0.717, 1.165) is 5.71 Å². The summed E-state index contributed by atoms with van der Waals surface area (Å²) in [4.78, 5) is 4.59. The first-order valence-corrected chi connectivity index (χ1v) is 1.89. The topological polar surface area (TPSA) is 21.6 Å². The predicted molar refractivity (Wildman–Crippen MR) is 23.4 cm³/mol. The minimum absolute atomic E-state index is 0.659. The molecular weight excluding hydrogens is 78.0 g/mol. The molecule has 1 aliphatic heterocycles. The van der Waals surface area contributed by atoms with Crippen LogP contribution in [0.3, 0.4) is 0 Å². The van der Waals surface area contributed by atoms with Crippen LogP contribution >= 0.6 is 0 Å². The first-order valence-electron chi connectivity index (χ1n) is 1.89. The average molecular weight is 84.1 g/mol. The summed E-state index contributed by atoms with van der Waals surface area (Å²) in [6, 6.07) is 0. The summed E-state index contributed by atoms with van der Waals surface area (Å²) in [5.41, 5.74) is 0.981. The molecule has 0 amide bonds. The SMILES string of the molecule is CC1=NOC[CH]1. The number of oxime groups is 1. The molecule has 2 heteroatoms. The second-order valence-corrected chi connectivity index (χ2v) is 1.23. The third-order valence-electron chi connectivity index (χ3n) is 0.662. The third kappa shape index (κ3) is 0.506. The van der Waals surface area contributed by atoms with Gasteiger partial charge in [-0.1, -0.05) is 5.16 Å². The van der Waals surface area contributed by atoms with Crippen molar-refractivity contribution >= 4 is 5.71 Å². The van der Waals surface area contributed by atoms with Gasteiger partial charge >= 0.3 is 0 Å². The molecule has 0 bridgehead atoms. The monoisotopic (exact) mass is 84.0 g/mol. The Morgan fingerprint density at radius 2 is 2.83 bits per heavy atom. The van der Waals surface area contributed by atoms with Gasteiger partial charge in [-0.25, -0.2) is 0 Å². The second-order valence-electron chi connectivity index (χ2n) is 1.23. The molecular formula is C4H6NO. The first kappa shape index (κ1) is 3.65. The van der Waals surface area contributed by atoms with Crippen molar-refractivity contribution in [3.63, 3.8) is 0 Å². The highest BCUT2D eigenvalue weighted by atomic mass is 16.6. The van der Waals surface area contributed by atoms with E-state index in [1.807, 2.05) is 13.3 Å². The molecule has 33 valence electrons. The van der Waals surface area contributed by atoms with Crippen LogP contribution in [-0.2, 0) is 4.84 Å². The van der Waals surface area contributed by atoms with Gasteiger partial charge in [0.05, 0.1) is 5.71 Å². The molecule has 1 rings (SSSR count). The predicted octanol–water partition coefficient (Wildman–Crippen LogP) is 0.597. The van der Waals surface area contributed by atoms with Crippen LogP contribution in [0.25, 0.3) is 0 Å². The van der Waals surface area contributed by atoms with Crippen LogP contribution in [0.5, 0.6) is 0 Å². The van der Waals surface area contributed by atoms with Gasteiger partial charge in [-0.05, 0) is 6.92 Å². The van der Waals surface area contributed by atoms with Crippen molar-refractivity contribution in [1.29, 1.82) is 0 Å². The summed E-state index contributed by atoms with van der Waals surface area (Å²) in [6.07, 6.45) is 1.93. The molecule has 0 N–H and O–H groups in total. The summed E-state index contributed by atoms with van der Waals surface area (Å²) in [6.45, 7) is 2.57. The van der Waals surface area contributed by atoms with Gasteiger partial charge in [0.15, 0.2) is 0 Å². The molecule has 1 heterocycles. The molecule has 0 saturated carbocycles. The molecule has 0 spiro atoms. The Hall–Kier alpha value is -0.530. The summed E-state index contributed by atoms with van der Waals surface area (Å²) in [7, 11) is 0. The van der Waals surface area contributed by atoms with Crippen LogP contribution in [0.15, 0.2) is 5.16 Å². The van der Waals surface area contributed by atoms with Crippen LogP contribution < -0.4 is 0 Å². The highest BCUT2D eigenvalue weighted by molar-refractivity contribution is 5.90. The summed E-state index contributed by atoms with van der Waals surface area (Å²) < 4.78 is 0.